The van der Waals surface area contributed by atoms with Gasteiger partial charge in [-0.15, -0.1) is 0 Å². The molecular formula is C19H22Cl2F2O3. The second kappa shape index (κ2) is 7.83. The van der Waals surface area contributed by atoms with Crippen molar-refractivity contribution in [3.05, 3.63) is 44.5 Å². The topological polar surface area (TPSA) is 35.5 Å². The summed E-state index contributed by atoms with van der Waals surface area (Å²) in [7, 11) is 1.37. The molecule has 0 radical (unpaired) electrons. The van der Waals surface area contributed by atoms with E-state index in [1.54, 1.807) is 6.08 Å². The first-order valence-electron chi connectivity index (χ1n) is 8.18. The number of allylic oxidation sites excluding steroid dienone is 1. The van der Waals surface area contributed by atoms with E-state index in [0.29, 0.717) is 5.56 Å². The minimum absolute atomic E-state index is 0.0999. The van der Waals surface area contributed by atoms with E-state index in [9.17, 15) is 13.6 Å². The zero-order valence-electron chi connectivity index (χ0n) is 15.4. The Kier molecular flexibility index (Phi) is 6.36. The van der Waals surface area contributed by atoms with E-state index < -0.39 is 23.5 Å². The third-order valence-corrected chi connectivity index (χ3v) is 5.46. The van der Waals surface area contributed by atoms with E-state index in [1.807, 2.05) is 13.8 Å². The summed E-state index contributed by atoms with van der Waals surface area (Å²) in [5.74, 6) is -2.31. The maximum Gasteiger partial charge on any atom is 0.310 e. The summed E-state index contributed by atoms with van der Waals surface area (Å²) >= 11 is 11.4. The van der Waals surface area contributed by atoms with Crippen LogP contribution >= 0.6 is 23.2 Å². The molecule has 0 aliphatic heterocycles. The van der Waals surface area contributed by atoms with Crippen molar-refractivity contribution in [1.82, 2.24) is 0 Å². The molecule has 0 bridgehead atoms. The molecule has 1 saturated carbocycles. The molecule has 2 atom stereocenters. The lowest BCUT2D eigenvalue weighted by Crippen LogP contribution is -2.14. The maximum atomic E-state index is 14.4. The molecule has 0 aromatic heterocycles. The van der Waals surface area contributed by atoms with E-state index >= 15 is 0 Å². The molecule has 0 spiro atoms. The molecule has 1 aromatic carbocycles. The number of methoxy groups -OCH3 is 1. The minimum atomic E-state index is -0.678. The van der Waals surface area contributed by atoms with Gasteiger partial charge in [-0.05, 0) is 42.4 Å². The maximum absolute atomic E-state index is 14.4. The van der Waals surface area contributed by atoms with Crippen molar-refractivity contribution >= 4 is 29.2 Å². The smallest absolute Gasteiger partial charge is 0.310 e. The van der Waals surface area contributed by atoms with Gasteiger partial charge in [0.15, 0.2) is 0 Å². The summed E-state index contributed by atoms with van der Waals surface area (Å²) in [6, 6.07) is 0. The number of benzene rings is 1. The van der Waals surface area contributed by atoms with Crippen LogP contribution in [0.2, 0.25) is 0 Å². The van der Waals surface area contributed by atoms with Crippen LogP contribution in [0, 0.1) is 42.7 Å². The molecule has 1 aliphatic rings. The number of hydrogen-bond acceptors (Lipinski definition) is 3. The van der Waals surface area contributed by atoms with Gasteiger partial charge >= 0.3 is 5.97 Å². The fourth-order valence-corrected chi connectivity index (χ4v) is 3.66. The summed E-state index contributed by atoms with van der Waals surface area (Å²) in [5.41, 5.74) is 0.379. The number of carbonyl (C=O) groups is 1. The van der Waals surface area contributed by atoms with Gasteiger partial charge in [0.2, 0.25) is 0 Å². The Balaban J connectivity index is 2.18. The minimum Gasteiger partial charge on any atom is -0.461 e. The Morgan fingerprint density at radius 3 is 2.12 bits per heavy atom. The van der Waals surface area contributed by atoms with Gasteiger partial charge in [0.05, 0.1) is 12.5 Å². The SMILES string of the molecule is COCc1c(F)c(C)c(COC(=O)[C@@H]2[C@@H](C=C(Cl)Cl)C2(C)C)c(C)c1F. The molecule has 1 aromatic rings. The van der Waals surface area contributed by atoms with Crippen LogP contribution in [-0.2, 0) is 27.5 Å². The number of carbonyl (C=O) groups excluding carboxylic acids is 1. The van der Waals surface area contributed by atoms with Crippen LogP contribution < -0.4 is 0 Å². The van der Waals surface area contributed by atoms with E-state index in [4.69, 9.17) is 32.7 Å². The number of esters is 1. The second-order valence-corrected chi connectivity index (χ2v) is 8.16. The van der Waals surface area contributed by atoms with Crippen molar-refractivity contribution in [3.8, 4) is 0 Å². The number of ether oxygens (including phenoxy) is 2. The molecule has 144 valence electrons. The van der Waals surface area contributed by atoms with Gasteiger partial charge < -0.3 is 9.47 Å². The molecule has 2 rings (SSSR count). The summed E-state index contributed by atoms with van der Waals surface area (Å²) in [6.45, 7) is 6.52. The zero-order chi connectivity index (χ0) is 19.8. The van der Waals surface area contributed by atoms with Crippen LogP contribution in [0.5, 0.6) is 0 Å². The monoisotopic (exact) mass is 406 g/mol. The van der Waals surface area contributed by atoms with Crippen LogP contribution in [0.4, 0.5) is 8.78 Å². The zero-order valence-corrected chi connectivity index (χ0v) is 16.9. The first kappa shape index (κ1) is 21.1. The van der Waals surface area contributed by atoms with Crippen LogP contribution in [-0.4, -0.2) is 13.1 Å². The van der Waals surface area contributed by atoms with E-state index in [1.165, 1.54) is 21.0 Å². The quantitative estimate of drug-likeness (QED) is 0.596. The van der Waals surface area contributed by atoms with Crippen molar-refractivity contribution in [1.29, 1.82) is 0 Å². The molecule has 1 fully saturated rings. The lowest BCUT2D eigenvalue weighted by Gasteiger charge is -2.16. The molecule has 0 unspecified atom stereocenters. The Hall–Kier alpha value is -1.17. The van der Waals surface area contributed by atoms with E-state index in [2.05, 4.69) is 0 Å². The van der Waals surface area contributed by atoms with Crippen molar-refractivity contribution in [2.45, 2.75) is 40.9 Å². The number of halogens is 4. The van der Waals surface area contributed by atoms with E-state index in [-0.39, 0.29) is 45.7 Å². The Bertz CT molecular complexity index is 727. The molecule has 3 nitrogen and oxygen atoms in total. The van der Waals surface area contributed by atoms with Gasteiger partial charge in [0, 0.05) is 18.2 Å². The van der Waals surface area contributed by atoms with Gasteiger partial charge in [0.25, 0.3) is 0 Å². The highest BCUT2D eigenvalue weighted by atomic mass is 35.5. The van der Waals surface area contributed by atoms with Crippen LogP contribution in [0.3, 0.4) is 0 Å². The number of hydrogen-bond donors (Lipinski definition) is 0. The second-order valence-electron chi connectivity index (χ2n) is 7.16. The first-order chi connectivity index (χ1) is 12.0. The Morgan fingerprint density at radius 2 is 1.65 bits per heavy atom. The Labute approximate surface area is 162 Å². The standard InChI is InChI=1S/C19H22Cl2F2O3/c1-9-11(10(2)17(23)12(7-25-5)16(9)22)8-26-18(24)15-13(6-14(20)21)19(15,3)4/h6,13,15H,7-8H2,1-5H3/t13-,15+/m1/s1. The van der Waals surface area contributed by atoms with Gasteiger partial charge in [-0.25, -0.2) is 8.78 Å². The normalized spacial score (nSPS) is 20.7. The third kappa shape index (κ3) is 3.90. The lowest BCUT2D eigenvalue weighted by molar-refractivity contribution is -0.147. The van der Waals surface area contributed by atoms with Gasteiger partial charge in [-0.2, -0.15) is 0 Å². The van der Waals surface area contributed by atoms with Gasteiger partial charge in [0.1, 0.15) is 22.7 Å². The highest BCUT2D eigenvalue weighted by Crippen LogP contribution is 2.60. The molecule has 7 heteroatoms. The van der Waals surface area contributed by atoms with Crippen LogP contribution in [0.1, 0.15) is 36.1 Å². The summed E-state index contributed by atoms with van der Waals surface area (Å²) in [4.78, 5) is 12.4. The molecule has 0 heterocycles. The molecular weight excluding hydrogens is 385 g/mol. The molecule has 26 heavy (non-hydrogen) atoms. The predicted molar refractivity (Wildman–Crippen MR) is 96.9 cm³/mol. The van der Waals surface area contributed by atoms with Crippen LogP contribution in [0.25, 0.3) is 0 Å². The molecule has 1 aliphatic carbocycles. The van der Waals surface area contributed by atoms with Crippen molar-refractivity contribution in [2.24, 2.45) is 17.3 Å². The summed E-state index contributed by atoms with van der Waals surface area (Å²) < 4.78 is 39.1. The average Bonchev–Trinajstić information content (AvgIpc) is 3.09. The largest absolute Gasteiger partial charge is 0.461 e. The fraction of sp³-hybridized carbons (Fsp3) is 0.526. The molecule has 0 saturated heterocycles. The highest BCUT2D eigenvalue weighted by Gasteiger charge is 2.61. The highest BCUT2D eigenvalue weighted by molar-refractivity contribution is 6.55. The Morgan fingerprint density at radius 1 is 1.12 bits per heavy atom. The van der Waals surface area contributed by atoms with Gasteiger partial charge in [-0.3, -0.25) is 4.79 Å². The first-order valence-corrected chi connectivity index (χ1v) is 8.93. The van der Waals surface area contributed by atoms with Crippen molar-refractivity contribution in [2.75, 3.05) is 7.11 Å². The lowest BCUT2D eigenvalue weighted by atomic mass is 9.98. The fourth-order valence-electron chi connectivity index (χ4n) is 3.39. The third-order valence-electron chi connectivity index (χ3n) is 5.21. The summed E-state index contributed by atoms with van der Waals surface area (Å²) in [6.07, 6.45) is 1.62. The predicted octanol–water partition coefficient (Wildman–Crippen LogP) is 5.36. The average molecular weight is 407 g/mol. The molecule has 0 amide bonds. The van der Waals surface area contributed by atoms with Crippen molar-refractivity contribution < 1.29 is 23.0 Å². The van der Waals surface area contributed by atoms with Gasteiger partial charge in [-0.1, -0.05) is 37.0 Å². The van der Waals surface area contributed by atoms with Crippen molar-refractivity contribution in [3.63, 3.8) is 0 Å². The van der Waals surface area contributed by atoms with E-state index in [0.717, 1.165) is 0 Å². The summed E-state index contributed by atoms with van der Waals surface area (Å²) in [5, 5.41) is 0. The molecule has 0 N–H and O–H groups in total. The van der Waals surface area contributed by atoms with Crippen LogP contribution in [0.15, 0.2) is 10.6 Å². The number of rotatable bonds is 6.